The van der Waals surface area contributed by atoms with Crippen LogP contribution in [-0.2, 0) is 16.0 Å². The lowest BCUT2D eigenvalue weighted by Gasteiger charge is -2.12. The van der Waals surface area contributed by atoms with E-state index in [0.717, 1.165) is 69.1 Å². The maximum absolute atomic E-state index is 10.8. The SMILES string of the molecule is C=NCCNCNCCCCO.CC.CCCNC(C)CC.CNc1ccc(CC(C)NC(C)=O)cc1.O=CO.SC1=CCCC=C1. The molecule has 47 heavy (non-hydrogen) atoms. The van der Waals surface area contributed by atoms with Crippen LogP contribution in [0.2, 0.25) is 0 Å². The number of unbranched alkanes of at least 4 members (excludes halogenated alkanes) is 1. The van der Waals surface area contributed by atoms with Crippen LogP contribution < -0.4 is 26.6 Å². The highest BCUT2D eigenvalue weighted by atomic mass is 32.1. The fourth-order valence-corrected chi connectivity index (χ4v) is 3.71. The first-order valence-corrected chi connectivity index (χ1v) is 17.5. The van der Waals surface area contributed by atoms with E-state index in [1.807, 2.05) is 46.0 Å². The molecule has 1 aliphatic rings. The van der Waals surface area contributed by atoms with Gasteiger partial charge in [0.2, 0.25) is 5.91 Å². The van der Waals surface area contributed by atoms with Crippen molar-refractivity contribution in [1.29, 1.82) is 0 Å². The molecule has 0 spiro atoms. The first-order chi connectivity index (χ1) is 22.6. The minimum Gasteiger partial charge on any atom is -0.483 e. The van der Waals surface area contributed by atoms with Crippen LogP contribution in [0.5, 0.6) is 0 Å². The molecule has 0 heterocycles. The number of carboxylic acid groups (broad SMARTS) is 1. The Kier molecular flexibility index (Phi) is 47.1. The van der Waals surface area contributed by atoms with Crippen molar-refractivity contribution >= 4 is 37.4 Å². The van der Waals surface area contributed by atoms with Gasteiger partial charge in [0, 0.05) is 51.6 Å². The number of hydrogen-bond donors (Lipinski definition) is 8. The lowest BCUT2D eigenvalue weighted by Crippen LogP contribution is -2.31. The van der Waals surface area contributed by atoms with Gasteiger partial charge in [-0.3, -0.25) is 14.6 Å². The van der Waals surface area contributed by atoms with Crippen molar-refractivity contribution in [2.75, 3.05) is 51.8 Å². The monoisotopic (exact) mass is 683 g/mol. The lowest BCUT2D eigenvalue weighted by atomic mass is 10.1. The summed E-state index contributed by atoms with van der Waals surface area (Å²) in [6.45, 7) is 22.1. The van der Waals surface area contributed by atoms with Gasteiger partial charge in [0.15, 0.2) is 0 Å². The summed E-state index contributed by atoms with van der Waals surface area (Å²) in [5.74, 6) is 0.0225. The highest BCUT2D eigenvalue weighted by Gasteiger charge is 2.04. The molecule has 0 fully saturated rings. The molecule has 10 nitrogen and oxygen atoms in total. The number of anilines is 1. The largest absolute Gasteiger partial charge is 0.483 e. The van der Waals surface area contributed by atoms with E-state index in [-0.39, 0.29) is 25.0 Å². The molecule has 2 unspecified atom stereocenters. The molecule has 1 aliphatic carbocycles. The number of thiol groups is 1. The normalized spacial score (nSPS) is 12.0. The zero-order valence-electron chi connectivity index (χ0n) is 30.8. The third kappa shape index (κ3) is 45.5. The van der Waals surface area contributed by atoms with Crippen LogP contribution in [0.3, 0.4) is 0 Å². The van der Waals surface area contributed by atoms with Crippen molar-refractivity contribution in [2.45, 2.75) is 105 Å². The summed E-state index contributed by atoms with van der Waals surface area (Å²) in [4.78, 5) is 24.0. The average molecular weight is 683 g/mol. The van der Waals surface area contributed by atoms with Gasteiger partial charge in [0.25, 0.3) is 6.47 Å². The van der Waals surface area contributed by atoms with E-state index in [4.69, 9.17) is 15.0 Å². The van der Waals surface area contributed by atoms with Gasteiger partial charge in [-0.15, -0.1) is 12.6 Å². The molecule has 1 aromatic rings. The van der Waals surface area contributed by atoms with E-state index in [0.29, 0.717) is 6.04 Å². The highest BCUT2D eigenvalue weighted by Crippen LogP contribution is 2.11. The zero-order chi connectivity index (χ0) is 36.6. The number of aliphatic hydroxyl groups is 1. The topological polar surface area (TPSA) is 147 Å². The van der Waals surface area contributed by atoms with Crippen molar-refractivity contribution < 1.29 is 19.8 Å². The van der Waals surface area contributed by atoms with Crippen LogP contribution in [0, 0.1) is 0 Å². The average Bonchev–Trinajstić information content (AvgIpc) is 3.07. The number of rotatable bonds is 17. The van der Waals surface area contributed by atoms with Gasteiger partial charge >= 0.3 is 0 Å². The summed E-state index contributed by atoms with van der Waals surface area (Å²) in [6.07, 6.45) is 13.9. The number of aliphatic imine (C=N–C) groups is 1. The first kappa shape index (κ1) is 51.1. The maximum Gasteiger partial charge on any atom is 0.290 e. The molecule has 1 aromatic carbocycles. The Hall–Kier alpha value is -2.70. The summed E-state index contributed by atoms with van der Waals surface area (Å²) in [7, 11) is 1.90. The van der Waals surface area contributed by atoms with Gasteiger partial charge < -0.3 is 36.8 Å². The molecule has 2 rings (SSSR count). The van der Waals surface area contributed by atoms with Crippen molar-refractivity contribution in [1.82, 2.24) is 21.3 Å². The van der Waals surface area contributed by atoms with Crippen LogP contribution in [0.4, 0.5) is 5.69 Å². The summed E-state index contributed by atoms with van der Waals surface area (Å²) in [5, 5.41) is 31.0. The van der Waals surface area contributed by atoms with Crippen LogP contribution in [-0.4, -0.2) is 87.9 Å². The highest BCUT2D eigenvalue weighted by molar-refractivity contribution is 7.84. The number of carbonyl (C=O) groups excluding carboxylic acids is 1. The number of nitrogens with zero attached hydrogens (tertiary/aromatic N) is 1. The first-order valence-electron chi connectivity index (χ1n) is 17.0. The van der Waals surface area contributed by atoms with Gasteiger partial charge in [0.1, 0.15) is 0 Å². The molecule has 0 aliphatic heterocycles. The Morgan fingerprint density at radius 1 is 1.04 bits per heavy atom. The second-order valence-corrected chi connectivity index (χ2v) is 10.8. The smallest absolute Gasteiger partial charge is 0.290 e. The Bertz CT molecular complexity index is 870. The number of carbonyl (C=O) groups is 2. The molecule has 0 aromatic heterocycles. The van der Waals surface area contributed by atoms with Crippen molar-refractivity contribution in [3.05, 3.63) is 53.0 Å². The molecular weight excluding hydrogens is 613 g/mol. The van der Waals surface area contributed by atoms with Crippen molar-refractivity contribution in [2.24, 2.45) is 4.99 Å². The minimum absolute atomic E-state index is 0.0225. The number of nitrogens with one attached hydrogen (secondary N) is 5. The number of aliphatic hydroxyl groups excluding tert-OH is 1. The summed E-state index contributed by atoms with van der Waals surface area (Å²) in [6, 6.07) is 9.11. The quantitative estimate of drug-likeness (QED) is 0.0326. The third-order valence-electron chi connectivity index (χ3n) is 6.02. The van der Waals surface area contributed by atoms with E-state index in [9.17, 15) is 4.79 Å². The van der Waals surface area contributed by atoms with E-state index in [1.165, 1.54) is 24.8 Å². The predicted octanol–water partition coefficient (Wildman–Crippen LogP) is 6.05. The predicted molar refractivity (Wildman–Crippen MR) is 208 cm³/mol. The van der Waals surface area contributed by atoms with Gasteiger partial charge in [-0.05, 0) is 101 Å². The Morgan fingerprint density at radius 3 is 2.09 bits per heavy atom. The van der Waals surface area contributed by atoms with Gasteiger partial charge in [-0.25, -0.2) is 0 Å². The second kappa shape index (κ2) is 43.3. The molecular formula is C36H70N6O4S. The molecule has 7 N–H and O–H groups in total. The molecule has 11 heteroatoms. The van der Waals surface area contributed by atoms with Gasteiger partial charge in [-0.2, -0.15) is 0 Å². The Labute approximate surface area is 293 Å². The van der Waals surface area contributed by atoms with Crippen LogP contribution in [0.15, 0.2) is 52.4 Å². The molecule has 0 saturated carbocycles. The van der Waals surface area contributed by atoms with E-state index < -0.39 is 0 Å². The summed E-state index contributed by atoms with van der Waals surface area (Å²) < 4.78 is 0. The lowest BCUT2D eigenvalue weighted by molar-refractivity contribution is -0.123. The maximum atomic E-state index is 10.8. The molecule has 2 atom stereocenters. The second-order valence-electron chi connectivity index (χ2n) is 10.3. The number of benzene rings is 1. The van der Waals surface area contributed by atoms with Crippen LogP contribution in [0.25, 0.3) is 0 Å². The fourth-order valence-electron chi connectivity index (χ4n) is 3.48. The standard InChI is InChI=1S/C12H18N2O.C8H19N3O.C7H17N.C6H8S.C2H6.CH2O2/c1-9(14-10(2)15)8-11-4-6-12(13-3)7-5-11;1-9-5-6-11-8-10-4-2-3-7-12;1-4-6-8-7(3)5-2;7-6-4-2-1-3-5-6;1-2;2-1-3/h4-7,9,13H,8H2,1-3H3,(H,14,15);10-12H,1-8H2;7-8H,4-6H2,1-3H3;2,4-5,7H,1,3H2;1-2H3;1H,(H,2,3). The molecule has 0 saturated heterocycles. The van der Waals surface area contributed by atoms with Crippen molar-refractivity contribution in [3.8, 4) is 0 Å². The summed E-state index contributed by atoms with van der Waals surface area (Å²) in [5.41, 5.74) is 2.33. The molecule has 1 amide bonds. The zero-order valence-corrected chi connectivity index (χ0v) is 31.7. The van der Waals surface area contributed by atoms with E-state index >= 15 is 0 Å². The number of hydrogen-bond acceptors (Lipinski definition) is 9. The minimum atomic E-state index is -0.250. The fraction of sp³-hybridized carbons (Fsp3) is 0.639. The summed E-state index contributed by atoms with van der Waals surface area (Å²) >= 11 is 4.14. The number of amides is 1. The molecule has 0 radical (unpaired) electrons. The van der Waals surface area contributed by atoms with E-state index in [1.54, 1.807) is 6.92 Å². The Morgan fingerprint density at radius 2 is 1.66 bits per heavy atom. The Balaban J connectivity index is -0.000000259. The van der Waals surface area contributed by atoms with Crippen LogP contribution >= 0.6 is 12.6 Å². The number of allylic oxidation sites excluding steroid dienone is 3. The van der Waals surface area contributed by atoms with E-state index in [2.05, 4.69) is 96.0 Å². The third-order valence-corrected chi connectivity index (χ3v) is 6.35. The van der Waals surface area contributed by atoms with Gasteiger partial charge in [-0.1, -0.05) is 58.1 Å². The van der Waals surface area contributed by atoms with Gasteiger partial charge in [0.05, 0.1) is 6.54 Å². The molecule has 0 bridgehead atoms. The van der Waals surface area contributed by atoms with Crippen LogP contribution in [0.1, 0.15) is 92.6 Å². The van der Waals surface area contributed by atoms with Crippen molar-refractivity contribution in [3.63, 3.8) is 0 Å². The molecule has 274 valence electrons.